The first-order valence-corrected chi connectivity index (χ1v) is 10.3. The maximum Gasteiger partial charge on any atom is 0.246 e. The molecular weight excluding hydrogens is 346 g/mol. The van der Waals surface area contributed by atoms with E-state index in [4.69, 9.17) is 0 Å². The van der Waals surface area contributed by atoms with E-state index in [1.54, 1.807) is 0 Å². The topological polar surface area (TPSA) is 70.2 Å². The van der Waals surface area contributed by atoms with Gasteiger partial charge in [0.15, 0.2) is 0 Å². The van der Waals surface area contributed by atoms with Gasteiger partial charge in [-0.15, -0.1) is 0 Å². The van der Waals surface area contributed by atoms with Crippen molar-refractivity contribution in [1.82, 2.24) is 10.6 Å². The third kappa shape index (κ3) is 7.00. The van der Waals surface area contributed by atoms with Crippen LogP contribution in [0.25, 0.3) is 0 Å². The van der Waals surface area contributed by atoms with Gasteiger partial charge in [-0.25, -0.2) is 0 Å². The molecule has 5 nitrogen and oxygen atoms in total. The van der Waals surface area contributed by atoms with E-state index in [2.05, 4.69) is 28.6 Å². The average Bonchev–Trinajstić information content (AvgIpc) is 2.66. The quantitative estimate of drug-likeness (QED) is 0.395. The number of rotatable bonds is 9. The molecule has 2 amide bonds. The molecule has 0 aliphatic carbocycles. The Balaban J connectivity index is 1.95. The van der Waals surface area contributed by atoms with Gasteiger partial charge in [0, 0.05) is 5.69 Å². The number of anilines is 1. The van der Waals surface area contributed by atoms with Crippen molar-refractivity contribution in [2.24, 2.45) is 0 Å². The van der Waals surface area contributed by atoms with Crippen molar-refractivity contribution < 1.29 is 9.59 Å². The third-order valence-electron chi connectivity index (χ3n) is 4.73. The lowest BCUT2D eigenvalue weighted by Gasteiger charge is -2.25. The molecule has 144 valence electrons. The van der Waals surface area contributed by atoms with Gasteiger partial charge in [-0.1, -0.05) is 37.0 Å². The van der Waals surface area contributed by atoms with Crippen LogP contribution in [0.5, 0.6) is 0 Å². The van der Waals surface area contributed by atoms with Crippen LogP contribution in [0.4, 0.5) is 5.69 Å². The summed E-state index contributed by atoms with van der Waals surface area (Å²) >= 11 is 4.23. The maximum absolute atomic E-state index is 12.7. The van der Waals surface area contributed by atoms with Gasteiger partial charge in [-0.05, 0) is 57.0 Å². The molecule has 0 radical (unpaired) electrons. The number of thiol groups is 1. The van der Waals surface area contributed by atoms with E-state index in [9.17, 15) is 9.59 Å². The van der Waals surface area contributed by atoms with E-state index in [1.165, 1.54) is 0 Å². The first-order valence-electron chi connectivity index (χ1n) is 9.62. The second-order valence-electron chi connectivity index (χ2n) is 6.99. The van der Waals surface area contributed by atoms with Gasteiger partial charge in [0.25, 0.3) is 0 Å². The normalized spacial score (nSPS) is 18.2. The number of hydrogen-bond acceptors (Lipinski definition) is 4. The number of amides is 2. The smallest absolute Gasteiger partial charge is 0.246 e. The van der Waals surface area contributed by atoms with Gasteiger partial charge in [-0.2, -0.15) is 12.6 Å². The number of aryl methyl sites for hydroxylation is 1. The van der Waals surface area contributed by atoms with Gasteiger partial charge in [-0.3, -0.25) is 9.59 Å². The lowest BCUT2D eigenvalue weighted by Crippen LogP contribution is -2.52. The van der Waals surface area contributed by atoms with Crippen molar-refractivity contribution in [3.63, 3.8) is 0 Å². The van der Waals surface area contributed by atoms with Gasteiger partial charge < -0.3 is 16.0 Å². The Bertz CT molecular complexity index is 571. The third-order valence-corrected chi connectivity index (χ3v) is 5.05. The molecule has 6 heteroatoms. The minimum Gasteiger partial charge on any atom is -0.343 e. The number of carbonyl (C=O) groups excluding carboxylic acids is 2. The van der Waals surface area contributed by atoms with Gasteiger partial charge in [0.1, 0.15) is 6.04 Å². The van der Waals surface area contributed by atoms with Gasteiger partial charge >= 0.3 is 0 Å². The predicted molar refractivity (Wildman–Crippen MR) is 110 cm³/mol. The summed E-state index contributed by atoms with van der Waals surface area (Å²) in [5.74, 6) is 0.630. The standard InChI is InChI=1S/C20H31N3O2S/c1-15-9-11-16(12-10-15)22-20(25)18(8-3-2-6-14-26)23-19(24)17-7-4-5-13-21-17/h9-12,17-18,21,26H,2-8,13-14H2,1H3,(H,22,25)(H,23,24)/t17?,18-/m0/s1. The summed E-state index contributed by atoms with van der Waals surface area (Å²) in [4.78, 5) is 25.3. The van der Waals surface area contributed by atoms with E-state index >= 15 is 0 Å². The molecule has 2 atom stereocenters. The van der Waals surface area contributed by atoms with Crippen LogP contribution < -0.4 is 16.0 Å². The highest BCUT2D eigenvalue weighted by molar-refractivity contribution is 7.80. The molecule has 0 bridgehead atoms. The molecule has 1 aromatic rings. The summed E-state index contributed by atoms with van der Waals surface area (Å²) in [6, 6.07) is 7.00. The molecule has 0 aromatic heterocycles. The molecule has 26 heavy (non-hydrogen) atoms. The van der Waals surface area contributed by atoms with E-state index in [-0.39, 0.29) is 17.9 Å². The number of carbonyl (C=O) groups is 2. The molecule has 2 rings (SSSR count). The number of benzene rings is 1. The summed E-state index contributed by atoms with van der Waals surface area (Å²) in [5, 5.41) is 9.13. The fourth-order valence-electron chi connectivity index (χ4n) is 3.12. The number of hydrogen-bond donors (Lipinski definition) is 4. The molecule has 1 aliphatic heterocycles. The van der Waals surface area contributed by atoms with Crippen LogP contribution in [0.1, 0.15) is 50.5 Å². The highest BCUT2D eigenvalue weighted by Gasteiger charge is 2.26. The van der Waals surface area contributed by atoms with Crippen LogP contribution in [-0.2, 0) is 9.59 Å². The number of unbranched alkanes of at least 4 members (excludes halogenated alkanes) is 2. The maximum atomic E-state index is 12.7. The SMILES string of the molecule is Cc1ccc(NC(=O)[C@H](CCCCCS)NC(=O)C2CCCCN2)cc1. The summed E-state index contributed by atoms with van der Waals surface area (Å²) in [7, 11) is 0. The summed E-state index contributed by atoms with van der Waals surface area (Å²) in [6.45, 7) is 2.87. The fraction of sp³-hybridized carbons (Fsp3) is 0.600. The minimum atomic E-state index is -0.507. The first kappa shape index (κ1) is 20.8. The second kappa shape index (κ2) is 11.2. The van der Waals surface area contributed by atoms with Gasteiger partial charge in [0.2, 0.25) is 11.8 Å². The summed E-state index contributed by atoms with van der Waals surface area (Å²) < 4.78 is 0. The zero-order valence-electron chi connectivity index (χ0n) is 15.6. The van der Waals surface area contributed by atoms with E-state index in [0.29, 0.717) is 6.42 Å². The predicted octanol–water partition coefficient (Wildman–Crippen LogP) is 3.05. The molecule has 0 saturated carbocycles. The lowest BCUT2D eigenvalue weighted by atomic mass is 10.0. The zero-order chi connectivity index (χ0) is 18.8. The van der Waals surface area contributed by atoms with E-state index < -0.39 is 6.04 Å². The van der Waals surface area contributed by atoms with Crippen molar-refractivity contribution in [2.45, 2.75) is 64.0 Å². The molecule has 1 heterocycles. The van der Waals surface area contributed by atoms with Crippen LogP contribution in [-0.4, -0.2) is 36.2 Å². The Morgan fingerprint density at radius 1 is 1.19 bits per heavy atom. The molecule has 0 spiro atoms. The van der Waals surface area contributed by atoms with Crippen LogP contribution in [0, 0.1) is 6.92 Å². The van der Waals surface area contributed by atoms with Crippen molar-refractivity contribution >= 4 is 30.1 Å². The Kier molecular flexibility index (Phi) is 8.98. The van der Waals surface area contributed by atoms with Crippen LogP contribution in [0.2, 0.25) is 0 Å². The molecular formula is C20H31N3O2S. The molecule has 1 aromatic carbocycles. The van der Waals surface area contributed by atoms with Crippen LogP contribution in [0.3, 0.4) is 0 Å². The van der Waals surface area contributed by atoms with Crippen molar-refractivity contribution in [1.29, 1.82) is 0 Å². The number of piperidine rings is 1. The number of nitrogens with one attached hydrogen (secondary N) is 3. The second-order valence-corrected chi connectivity index (χ2v) is 7.44. The summed E-state index contributed by atoms with van der Waals surface area (Å²) in [5.41, 5.74) is 1.90. The fourth-order valence-corrected chi connectivity index (χ4v) is 3.34. The average molecular weight is 378 g/mol. The van der Waals surface area contributed by atoms with Crippen molar-refractivity contribution in [2.75, 3.05) is 17.6 Å². The Hall–Kier alpha value is -1.53. The monoisotopic (exact) mass is 377 g/mol. The van der Waals surface area contributed by atoms with Gasteiger partial charge in [0.05, 0.1) is 6.04 Å². The Morgan fingerprint density at radius 3 is 2.62 bits per heavy atom. The van der Waals surface area contributed by atoms with E-state index in [0.717, 1.165) is 62.1 Å². The Morgan fingerprint density at radius 2 is 1.96 bits per heavy atom. The molecule has 1 aliphatic rings. The van der Waals surface area contributed by atoms with Crippen molar-refractivity contribution in [3.05, 3.63) is 29.8 Å². The molecule has 1 fully saturated rings. The lowest BCUT2D eigenvalue weighted by molar-refractivity contribution is -0.128. The minimum absolute atomic E-state index is 0.0667. The van der Waals surface area contributed by atoms with Crippen LogP contribution in [0.15, 0.2) is 24.3 Å². The molecule has 1 saturated heterocycles. The largest absolute Gasteiger partial charge is 0.343 e. The first-order chi connectivity index (χ1) is 12.6. The van der Waals surface area contributed by atoms with Crippen LogP contribution >= 0.6 is 12.6 Å². The highest BCUT2D eigenvalue weighted by atomic mass is 32.1. The highest BCUT2D eigenvalue weighted by Crippen LogP contribution is 2.13. The van der Waals surface area contributed by atoms with E-state index in [1.807, 2.05) is 31.2 Å². The molecule has 3 N–H and O–H groups in total. The zero-order valence-corrected chi connectivity index (χ0v) is 16.5. The molecule has 1 unspecified atom stereocenters. The van der Waals surface area contributed by atoms with Crippen molar-refractivity contribution in [3.8, 4) is 0 Å². The Labute approximate surface area is 162 Å². The summed E-state index contributed by atoms with van der Waals surface area (Å²) in [6.07, 6.45) is 6.55.